The second-order valence-electron chi connectivity index (χ2n) is 5.05. The zero-order chi connectivity index (χ0) is 15.5. The molecule has 4 nitrogen and oxygen atoms in total. The van der Waals surface area contributed by atoms with E-state index in [1.54, 1.807) is 28.2 Å². The molecule has 0 spiro atoms. The van der Waals surface area contributed by atoms with Crippen LogP contribution in [0.1, 0.15) is 18.1 Å². The molecule has 1 unspecified atom stereocenters. The molecule has 0 aliphatic carbocycles. The van der Waals surface area contributed by atoms with Crippen molar-refractivity contribution in [2.24, 2.45) is 5.73 Å². The lowest BCUT2D eigenvalue weighted by Crippen LogP contribution is -2.41. The molecule has 1 atom stereocenters. The molecule has 0 bridgehead atoms. The van der Waals surface area contributed by atoms with Crippen molar-refractivity contribution in [1.29, 1.82) is 0 Å². The number of aryl methyl sites for hydroxylation is 1. The molecule has 0 aromatic heterocycles. The van der Waals surface area contributed by atoms with Gasteiger partial charge in [0.05, 0.1) is 11.4 Å². The van der Waals surface area contributed by atoms with Gasteiger partial charge in [-0.25, -0.2) is 8.42 Å². The van der Waals surface area contributed by atoms with E-state index in [1.165, 1.54) is 0 Å². The van der Waals surface area contributed by atoms with Crippen LogP contribution in [-0.4, -0.2) is 43.4 Å². The summed E-state index contributed by atoms with van der Waals surface area (Å²) in [5, 5.41) is 0.317. The van der Waals surface area contributed by atoms with Crippen LogP contribution in [0.5, 0.6) is 0 Å². The highest BCUT2D eigenvalue weighted by atomic mass is 32.2. The average molecular weight is 324 g/mol. The van der Waals surface area contributed by atoms with E-state index in [0.29, 0.717) is 23.9 Å². The van der Waals surface area contributed by atoms with Gasteiger partial charge in [0.25, 0.3) is 0 Å². The summed E-state index contributed by atoms with van der Waals surface area (Å²) in [6.07, 6.45) is 0. The molecule has 21 heavy (non-hydrogen) atoms. The SMILES string of the molecule is Cc1ccc(S(=O)(=O)N2CCSC(C)C2)c(C#CCN)c1. The predicted octanol–water partition coefficient (Wildman–Crippen LogP) is 1.43. The first-order chi connectivity index (χ1) is 9.95. The minimum Gasteiger partial charge on any atom is -0.320 e. The maximum Gasteiger partial charge on any atom is 0.244 e. The molecule has 2 rings (SSSR count). The summed E-state index contributed by atoms with van der Waals surface area (Å²) in [6, 6.07) is 5.26. The van der Waals surface area contributed by atoms with E-state index >= 15 is 0 Å². The quantitative estimate of drug-likeness (QED) is 0.836. The summed E-state index contributed by atoms with van der Waals surface area (Å²) >= 11 is 1.80. The Morgan fingerprint density at radius 3 is 2.90 bits per heavy atom. The lowest BCUT2D eigenvalue weighted by molar-refractivity contribution is 0.424. The molecule has 1 aromatic rings. The highest BCUT2D eigenvalue weighted by Crippen LogP contribution is 2.26. The first-order valence-corrected chi connectivity index (χ1v) is 9.35. The van der Waals surface area contributed by atoms with Crippen LogP contribution >= 0.6 is 11.8 Å². The molecule has 1 aromatic carbocycles. The van der Waals surface area contributed by atoms with Gasteiger partial charge in [-0.1, -0.05) is 24.8 Å². The van der Waals surface area contributed by atoms with Gasteiger partial charge in [-0.15, -0.1) is 0 Å². The predicted molar refractivity (Wildman–Crippen MR) is 87.8 cm³/mol. The number of nitrogens with two attached hydrogens (primary N) is 1. The monoisotopic (exact) mass is 324 g/mol. The fourth-order valence-corrected chi connectivity index (χ4v) is 5.14. The van der Waals surface area contributed by atoms with Gasteiger partial charge in [-0.2, -0.15) is 16.1 Å². The molecular weight excluding hydrogens is 304 g/mol. The number of benzene rings is 1. The van der Waals surface area contributed by atoms with E-state index in [0.717, 1.165) is 11.3 Å². The van der Waals surface area contributed by atoms with Crippen molar-refractivity contribution < 1.29 is 8.42 Å². The summed E-state index contributed by atoms with van der Waals surface area (Å²) in [4.78, 5) is 0.285. The molecule has 0 radical (unpaired) electrons. The Kier molecular flexibility index (Phi) is 5.33. The van der Waals surface area contributed by atoms with Crippen molar-refractivity contribution in [1.82, 2.24) is 4.31 Å². The molecule has 1 aliphatic rings. The standard InChI is InChI=1S/C15H20N2O2S2/c1-12-5-6-15(14(10-12)4-3-7-16)21(18,19)17-8-9-20-13(2)11-17/h5-6,10,13H,7-9,11,16H2,1-2H3. The molecule has 0 saturated carbocycles. The second-order valence-corrected chi connectivity index (χ2v) is 8.50. The van der Waals surface area contributed by atoms with E-state index in [1.807, 2.05) is 13.0 Å². The topological polar surface area (TPSA) is 63.4 Å². The van der Waals surface area contributed by atoms with E-state index in [4.69, 9.17) is 5.73 Å². The smallest absolute Gasteiger partial charge is 0.244 e. The van der Waals surface area contributed by atoms with Crippen molar-refractivity contribution in [3.8, 4) is 11.8 Å². The van der Waals surface area contributed by atoms with Gasteiger partial charge in [0.15, 0.2) is 0 Å². The Morgan fingerprint density at radius 2 is 2.24 bits per heavy atom. The zero-order valence-corrected chi connectivity index (χ0v) is 13.9. The number of nitrogens with zero attached hydrogens (tertiary/aromatic N) is 1. The number of hydrogen-bond acceptors (Lipinski definition) is 4. The highest BCUT2D eigenvalue weighted by Gasteiger charge is 2.30. The summed E-state index contributed by atoms with van der Waals surface area (Å²) in [5.41, 5.74) is 6.92. The van der Waals surface area contributed by atoms with Gasteiger partial charge in [0, 0.05) is 29.7 Å². The maximum atomic E-state index is 12.8. The van der Waals surface area contributed by atoms with Gasteiger partial charge in [-0.3, -0.25) is 0 Å². The number of sulfonamides is 1. The number of rotatable bonds is 2. The minimum absolute atomic E-state index is 0.213. The highest BCUT2D eigenvalue weighted by molar-refractivity contribution is 8.00. The van der Waals surface area contributed by atoms with Crippen LogP contribution in [0.15, 0.2) is 23.1 Å². The third-order valence-electron chi connectivity index (χ3n) is 3.28. The van der Waals surface area contributed by atoms with Gasteiger partial charge in [0.1, 0.15) is 0 Å². The van der Waals surface area contributed by atoms with Gasteiger partial charge in [-0.05, 0) is 24.6 Å². The van der Waals surface area contributed by atoms with E-state index in [9.17, 15) is 8.42 Å². The fourth-order valence-electron chi connectivity index (χ4n) is 2.26. The van der Waals surface area contributed by atoms with Crippen molar-refractivity contribution in [3.63, 3.8) is 0 Å². The molecule has 0 amide bonds. The van der Waals surface area contributed by atoms with Crippen molar-refractivity contribution >= 4 is 21.8 Å². The Labute approximate surface area is 131 Å². The van der Waals surface area contributed by atoms with Crippen LogP contribution in [0.2, 0.25) is 0 Å². The Bertz CT molecular complexity index is 675. The summed E-state index contributed by atoms with van der Waals surface area (Å²) in [5.74, 6) is 6.46. The van der Waals surface area contributed by atoms with Crippen LogP contribution in [0.3, 0.4) is 0 Å². The van der Waals surface area contributed by atoms with Crippen LogP contribution in [0.25, 0.3) is 0 Å². The van der Waals surface area contributed by atoms with Crippen LogP contribution in [0, 0.1) is 18.8 Å². The number of thioether (sulfide) groups is 1. The minimum atomic E-state index is -3.50. The largest absolute Gasteiger partial charge is 0.320 e. The molecule has 1 fully saturated rings. The lowest BCUT2D eigenvalue weighted by Gasteiger charge is -2.30. The summed E-state index contributed by atoms with van der Waals surface area (Å²) in [6.45, 7) is 5.28. The first-order valence-electron chi connectivity index (χ1n) is 6.86. The van der Waals surface area contributed by atoms with E-state index in [-0.39, 0.29) is 11.4 Å². The van der Waals surface area contributed by atoms with Crippen molar-refractivity contribution in [2.75, 3.05) is 25.4 Å². The third-order valence-corrected chi connectivity index (χ3v) is 6.34. The van der Waals surface area contributed by atoms with Crippen LogP contribution in [-0.2, 0) is 10.0 Å². The zero-order valence-electron chi connectivity index (χ0n) is 12.3. The van der Waals surface area contributed by atoms with Gasteiger partial charge in [0.2, 0.25) is 10.0 Å². The number of hydrogen-bond donors (Lipinski definition) is 1. The van der Waals surface area contributed by atoms with E-state index < -0.39 is 10.0 Å². The van der Waals surface area contributed by atoms with Crippen LogP contribution < -0.4 is 5.73 Å². The molecular formula is C15H20N2O2S2. The molecule has 114 valence electrons. The molecule has 2 N–H and O–H groups in total. The normalized spacial score (nSPS) is 19.9. The molecule has 1 heterocycles. The average Bonchev–Trinajstić information content (AvgIpc) is 2.45. The van der Waals surface area contributed by atoms with E-state index in [2.05, 4.69) is 18.8 Å². The molecule has 1 aliphatic heterocycles. The fraction of sp³-hybridized carbons (Fsp3) is 0.467. The third kappa shape index (κ3) is 3.80. The van der Waals surface area contributed by atoms with Gasteiger partial charge < -0.3 is 5.73 Å². The Hall–Kier alpha value is -1.00. The van der Waals surface area contributed by atoms with Crippen molar-refractivity contribution in [2.45, 2.75) is 24.0 Å². The Morgan fingerprint density at radius 1 is 1.48 bits per heavy atom. The Balaban J connectivity index is 2.44. The lowest BCUT2D eigenvalue weighted by atomic mass is 10.1. The summed E-state index contributed by atoms with van der Waals surface area (Å²) in [7, 11) is -3.50. The van der Waals surface area contributed by atoms with Crippen molar-refractivity contribution in [3.05, 3.63) is 29.3 Å². The van der Waals surface area contributed by atoms with Crippen LogP contribution in [0.4, 0.5) is 0 Å². The van der Waals surface area contributed by atoms with Gasteiger partial charge >= 0.3 is 0 Å². The summed E-state index contributed by atoms with van der Waals surface area (Å²) < 4.78 is 27.3. The molecule has 1 saturated heterocycles. The molecule has 6 heteroatoms. The second kappa shape index (κ2) is 6.84. The first kappa shape index (κ1) is 16.4. The maximum absolute atomic E-state index is 12.8.